The molecular weight excluding hydrogens is 342 g/mol. The van der Waals surface area contributed by atoms with Gasteiger partial charge in [-0.15, -0.1) is 0 Å². The highest BCUT2D eigenvalue weighted by atomic mass is 32.2. The number of primary sulfonamides is 1. The molecule has 0 aliphatic rings. The number of carbonyl (C=O) groups is 1. The lowest BCUT2D eigenvalue weighted by Gasteiger charge is -2.10. The van der Waals surface area contributed by atoms with Gasteiger partial charge in [0.2, 0.25) is 10.0 Å². The number of sulfonamides is 1. The Kier molecular flexibility index (Phi) is 4.39. The second-order valence-electron chi connectivity index (χ2n) is 4.64. The van der Waals surface area contributed by atoms with Crippen molar-refractivity contribution in [2.75, 3.05) is 5.32 Å². The molecule has 126 valence electrons. The first-order valence-corrected chi connectivity index (χ1v) is 7.79. The van der Waals surface area contributed by atoms with E-state index in [2.05, 4.69) is 5.32 Å². The molecular formula is C13H11N3O7S. The minimum absolute atomic E-state index is 0.0960. The van der Waals surface area contributed by atoms with Gasteiger partial charge in [-0.05, 0) is 30.3 Å². The molecule has 11 heteroatoms. The number of carboxylic acid groups (broad SMARTS) is 1. The Morgan fingerprint density at radius 3 is 2.38 bits per heavy atom. The molecule has 0 saturated heterocycles. The van der Waals surface area contributed by atoms with Crippen LogP contribution < -0.4 is 10.5 Å². The first kappa shape index (κ1) is 17.2. The molecule has 10 nitrogen and oxygen atoms in total. The fourth-order valence-electron chi connectivity index (χ4n) is 1.86. The molecule has 2 rings (SSSR count). The maximum absolute atomic E-state index is 11.3. The number of phenols is 1. The molecule has 0 fully saturated rings. The van der Waals surface area contributed by atoms with Gasteiger partial charge in [0.05, 0.1) is 21.1 Å². The van der Waals surface area contributed by atoms with Crippen molar-refractivity contribution in [2.45, 2.75) is 4.90 Å². The monoisotopic (exact) mass is 353 g/mol. The Balaban J connectivity index is 2.52. The van der Waals surface area contributed by atoms with Crippen molar-refractivity contribution in [3.63, 3.8) is 0 Å². The van der Waals surface area contributed by atoms with Gasteiger partial charge in [0, 0.05) is 6.07 Å². The minimum Gasteiger partial charge on any atom is -0.506 e. The molecule has 0 aliphatic carbocycles. The third-order valence-electron chi connectivity index (χ3n) is 3.01. The summed E-state index contributed by atoms with van der Waals surface area (Å²) in [5, 5.41) is 37.2. The summed E-state index contributed by atoms with van der Waals surface area (Å²) in [6.07, 6.45) is 0. The van der Waals surface area contributed by atoms with Gasteiger partial charge in [0.1, 0.15) is 11.4 Å². The molecule has 0 heterocycles. The van der Waals surface area contributed by atoms with E-state index in [1.54, 1.807) is 0 Å². The highest BCUT2D eigenvalue weighted by Gasteiger charge is 2.20. The first-order chi connectivity index (χ1) is 11.1. The van der Waals surface area contributed by atoms with E-state index in [-0.39, 0.29) is 22.7 Å². The van der Waals surface area contributed by atoms with Gasteiger partial charge in [0.15, 0.2) is 0 Å². The maximum Gasteiger partial charge on any atom is 0.335 e. The normalized spacial score (nSPS) is 11.0. The number of nitro groups is 1. The van der Waals surface area contributed by atoms with E-state index >= 15 is 0 Å². The van der Waals surface area contributed by atoms with E-state index in [0.717, 1.165) is 36.4 Å². The fourth-order valence-corrected chi connectivity index (χ4v) is 2.39. The van der Waals surface area contributed by atoms with Crippen molar-refractivity contribution < 1.29 is 28.3 Å². The summed E-state index contributed by atoms with van der Waals surface area (Å²) in [6, 6.07) is 6.23. The SMILES string of the molecule is NS(=O)(=O)c1ccc(Nc2cc(C(=O)O)ccc2O)c([N+](=O)[O-])c1. The molecule has 24 heavy (non-hydrogen) atoms. The second-order valence-corrected chi connectivity index (χ2v) is 6.20. The topological polar surface area (TPSA) is 173 Å². The largest absolute Gasteiger partial charge is 0.506 e. The van der Waals surface area contributed by atoms with E-state index < -0.39 is 31.5 Å². The number of benzene rings is 2. The summed E-state index contributed by atoms with van der Waals surface area (Å²) in [7, 11) is -4.13. The van der Waals surface area contributed by atoms with Crippen LogP contribution >= 0.6 is 0 Å². The summed E-state index contributed by atoms with van der Waals surface area (Å²) in [5.74, 6) is -1.60. The number of rotatable bonds is 5. The van der Waals surface area contributed by atoms with Gasteiger partial charge in [-0.1, -0.05) is 0 Å². The van der Waals surface area contributed by atoms with Gasteiger partial charge in [0.25, 0.3) is 5.69 Å². The standard InChI is InChI=1S/C13H11N3O7S/c14-24(22,23)8-2-3-9(11(6-8)16(20)21)15-10-5-7(13(18)19)1-4-12(10)17/h1-6,15,17H,(H,18,19)(H2,14,22,23). The second kappa shape index (κ2) is 6.14. The molecule has 0 atom stereocenters. The molecule has 5 N–H and O–H groups in total. The average molecular weight is 353 g/mol. The van der Waals surface area contributed by atoms with Crippen LogP contribution in [0.5, 0.6) is 5.75 Å². The number of aromatic carboxylic acids is 1. The minimum atomic E-state index is -4.13. The summed E-state index contributed by atoms with van der Waals surface area (Å²) in [5.41, 5.74) is -1.01. The summed E-state index contributed by atoms with van der Waals surface area (Å²) >= 11 is 0. The van der Waals surface area contributed by atoms with E-state index in [1.807, 2.05) is 0 Å². The zero-order valence-electron chi connectivity index (χ0n) is 11.8. The van der Waals surface area contributed by atoms with Crippen LogP contribution in [0.3, 0.4) is 0 Å². The van der Waals surface area contributed by atoms with Gasteiger partial charge < -0.3 is 15.5 Å². The smallest absolute Gasteiger partial charge is 0.335 e. The van der Waals surface area contributed by atoms with Crippen molar-refractivity contribution >= 4 is 33.1 Å². The van der Waals surface area contributed by atoms with E-state index in [0.29, 0.717) is 0 Å². The molecule has 0 radical (unpaired) electrons. The molecule has 2 aromatic rings. The lowest BCUT2D eigenvalue weighted by Crippen LogP contribution is -2.12. The predicted molar refractivity (Wildman–Crippen MR) is 82.8 cm³/mol. The highest BCUT2D eigenvalue weighted by Crippen LogP contribution is 2.33. The number of hydrogen-bond acceptors (Lipinski definition) is 7. The summed E-state index contributed by atoms with van der Waals surface area (Å²) in [4.78, 5) is 20.8. The molecule has 0 aliphatic heterocycles. The lowest BCUT2D eigenvalue weighted by atomic mass is 10.1. The van der Waals surface area contributed by atoms with Gasteiger partial charge >= 0.3 is 5.97 Å². The molecule has 0 aromatic heterocycles. The Hall–Kier alpha value is -3.18. The van der Waals surface area contributed by atoms with Crippen LogP contribution in [0.4, 0.5) is 17.1 Å². The predicted octanol–water partition coefficient (Wildman–Crippen LogP) is 1.39. The number of phenolic OH excluding ortho intramolecular Hbond substituents is 1. The zero-order chi connectivity index (χ0) is 18.1. The van der Waals surface area contributed by atoms with Crippen molar-refractivity contribution in [1.82, 2.24) is 0 Å². The average Bonchev–Trinajstić information content (AvgIpc) is 2.48. The van der Waals surface area contributed by atoms with E-state index in [1.165, 1.54) is 0 Å². The molecule has 0 spiro atoms. The van der Waals surface area contributed by atoms with E-state index in [9.17, 15) is 28.4 Å². The third-order valence-corrected chi connectivity index (χ3v) is 3.92. The number of nitrogens with two attached hydrogens (primary N) is 1. The van der Waals surface area contributed by atoms with Gasteiger partial charge in [-0.3, -0.25) is 10.1 Å². The quantitative estimate of drug-likeness (QED) is 0.354. The lowest BCUT2D eigenvalue weighted by molar-refractivity contribution is -0.384. The number of hydrogen-bond donors (Lipinski definition) is 4. The van der Waals surface area contributed by atoms with Crippen LogP contribution in [0.25, 0.3) is 0 Å². The molecule has 2 aromatic carbocycles. The Morgan fingerprint density at radius 2 is 1.83 bits per heavy atom. The maximum atomic E-state index is 11.3. The van der Waals surface area contributed by atoms with Crippen molar-refractivity contribution in [3.05, 3.63) is 52.1 Å². The van der Waals surface area contributed by atoms with Crippen LogP contribution in [0.1, 0.15) is 10.4 Å². The number of nitro benzene ring substituents is 1. The Morgan fingerprint density at radius 1 is 1.17 bits per heavy atom. The van der Waals surface area contributed by atoms with Gasteiger partial charge in [-0.2, -0.15) is 0 Å². The van der Waals surface area contributed by atoms with E-state index in [4.69, 9.17) is 10.2 Å². The van der Waals surface area contributed by atoms with Crippen molar-refractivity contribution in [1.29, 1.82) is 0 Å². The zero-order valence-corrected chi connectivity index (χ0v) is 12.6. The van der Waals surface area contributed by atoms with Crippen LogP contribution in [0.2, 0.25) is 0 Å². The first-order valence-electron chi connectivity index (χ1n) is 6.24. The van der Waals surface area contributed by atoms with Crippen LogP contribution in [0, 0.1) is 10.1 Å². The number of aromatic hydroxyl groups is 1. The summed E-state index contributed by atoms with van der Waals surface area (Å²) < 4.78 is 22.6. The summed E-state index contributed by atoms with van der Waals surface area (Å²) in [6.45, 7) is 0. The number of anilines is 2. The fraction of sp³-hybridized carbons (Fsp3) is 0. The molecule has 0 bridgehead atoms. The highest BCUT2D eigenvalue weighted by molar-refractivity contribution is 7.89. The van der Waals surface area contributed by atoms with Crippen LogP contribution in [0.15, 0.2) is 41.3 Å². The Bertz CT molecular complexity index is 941. The number of nitrogens with one attached hydrogen (secondary N) is 1. The number of carboxylic acids is 1. The molecule has 0 unspecified atom stereocenters. The van der Waals surface area contributed by atoms with Crippen LogP contribution in [-0.4, -0.2) is 29.5 Å². The molecule has 0 saturated carbocycles. The Labute approximate surface area is 135 Å². The van der Waals surface area contributed by atoms with Crippen LogP contribution in [-0.2, 0) is 10.0 Å². The third kappa shape index (κ3) is 3.59. The molecule has 0 amide bonds. The van der Waals surface area contributed by atoms with Gasteiger partial charge in [-0.25, -0.2) is 18.4 Å². The van der Waals surface area contributed by atoms with Crippen molar-refractivity contribution in [3.8, 4) is 5.75 Å². The number of nitrogens with zero attached hydrogens (tertiary/aromatic N) is 1. The van der Waals surface area contributed by atoms with Crippen molar-refractivity contribution in [2.24, 2.45) is 5.14 Å².